The maximum atomic E-state index is 13.2. The monoisotopic (exact) mass is 427 g/mol. The maximum Gasteiger partial charge on any atom is 0.408 e. The minimum atomic E-state index is -1.12. The Morgan fingerprint density at radius 1 is 1.03 bits per heavy atom. The average molecular weight is 428 g/mol. The summed E-state index contributed by atoms with van der Waals surface area (Å²) in [6, 6.07) is 15.6. The fraction of sp³-hybridized carbons (Fsp3) is 0.348. The summed E-state index contributed by atoms with van der Waals surface area (Å²) < 4.78 is 5.17. The summed E-state index contributed by atoms with van der Waals surface area (Å²) in [5, 5.41) is 12.3. The summed E-state index contributed by atoms with van der Waals surface area (Å²) in [4.78, 5) is 38.6. The lowest BCUT2D eigenvalue weighted by Gasteiger charge is -2.31. The van der Waals surface area contributed by atoms with Crippen molar-refractivity contribution in [2.75, 3.05) is 11.4 Å². The van der Waals surface area contributed by atoms with Gasteiger partial charge in [0, 0.05) is 5.69 Å². The SMILES string of the molecule is C[C@H](NC(=O)OCc1ccccc1)C(=O)N(c1ccccc1)[C@@H](CCCCN)C(=O)O. The summed E-state index contributed by atoms with van der Waals surface area (Å²) in [7, 11) is 0. The molecule has 8 heteroatoms. The molecule has 0 aliphatic heterocycles. The van der Waals surface area contributed by atoms with Gasteiger partial charge in [-0.05, 0) is 50.4 Å². The summed E-state index contributed by atoms with van der Waals surface area (Å²) in [6.07, 6.45) is 0.705. The highest BCUT2D eigenvalue weighted by Crippen LogP contribution is 2.21. The number of hydrogen-bond donors (Lipinski definition) is 3. The molecule has 4 N–H and O–H groups in total. The minimum absolute atomic E-state index is 0.0623. The molecule has 2 aromatic rings. The molecule has 0 aliphatic carbocycles. The third kappa shape index (κ3) is 7.42. The van der Waals surface area contributed by atoms with Gasteiger partial charge in [0.05, 0.1) is 0 Å². The van der Waals surface area contributed by atoms with Crippen LogP contribution in [0.3, 0.4) is 0 Å². The third-order valence-corrected chi connectivity index (χ3v) is 4.72. The fourth-order valence-electron chi connectivity index (χ4n) is 3.11. The van der Waals surface area contributed by atoms with Crippen molar-refractivity contribution in [2.45, 2.75) is 44.9 Å². The van der Waals surface area contributed by atoms with E-state index in [1.165, 1.54) is 11.8 Å². The fourth-order valence-corrected chi connectivity index (χ4v) is 3.11. The van der Waals surface area contributed by atoms with E-state index >= 15 is 0 Å². The molecule has 8 nitrogen and oxygen atoms in total. The molecule has 2 rings (SSSR count). The van der Waals surface area contributed by atoms with Gasteiger partial charge >= 0.3 is 12.1 Å². The first-order valence-corrected chi connectivity index (χ1v) is 10.2. The van der Waals surface area contributed by atoms with Gasteiger partial charge in [-0.2, -0.15) is 0 Å². The van der Waals surface area contributed by atoms with Crippen LogP contribution in [-0.2, 0) is 20.9 Å². The smallest absolute Gasteiger partial charge is 0.408 e. The van der Waals surface area contributed by atoms with Crippen LogP contribution in [0.2, 0.25) is 0 Å². The van der Waals surface area contributed by atoms with Gasteiger partial charge in [-0.1, -0.05) is 48.5 Å². The highest BCUT2D eigenvalue weighted by atomic mass is 16.5. The highest BCUT2D eigenvalue weighted by molar-refractivity contribution is 6.02. The Kier molecular flexibility index (Phi) is 9.51. The van der Waals surface area contributed by atoms with Crippen molar-refractivity contribution in [3.63, 3.8) is 0 Å². The molecule has 2 amide bonds. The second kappa shape index (κ2) is 12.3. The second-order valence-corrected chi connectivity index (χ2v) is 7.11. The maximum absolute atomic E-state index is 13.2. The van der Waals surface area contributed by atoms with Gasteiger partial charge in [0.25, 0.3) is 0 Å². The number of nitrogens with two attached hydrogens (primary N) is 1. The Balaban J connectivity index is 2.11. The van der Waals surface area contributed by atoms with Crippen molar-refractivity contribution in [1.82, 2.24) is 5.32 Å². The Bertz CT molecular complexity index is 845. The van der Waals surface area contributed by atoms with Gasteiger partial charge in [0.15, 0.2) is 0 Å². The Labute approximate surface area is 182 Å². The van der Waals surface area contributed by atoms with E-state index in [0.717, 1.165) is 5.56 Å². The third-order valence-electron chi connectivity index (χ3n) is 4.72. The predicted molar refractivity (Wildman–Crippen MR) is 117 cm³/mol. The van der Waals surface area contributed by atoms with Crippen LogP contribution in [-0.4, -0.2) is 41.7 Å². The lowest BCUT2D eigenvalue weighted by molar-refractivity contribution is -0.140. The number of alkyl carbamates (subject to hydrolysis) is 1. The van der Waals surface area contributed by atoms with Crippen molar-refractivity contribution >= 4 is 23.7 Å². The molecule has 0 fully saturated rings. The van der Waals surface area contributed by atoms with Gasteiger partial charge in [-0.15, -0.1) is 0 Å². The number of nitrogens with zero attached hydrogens (tertiary/aromatic N) is 1. The number of nitrogens with one attached hydrogen (secondary N) is 1. The topological polar surface area (TPSA) is 122 Å². The zero-order valence-electron chi connectivity index (χ0n) is 17.6. The summed E-state index contributed by atoms with van der Waals surface area (Å²) in [5.74, 6) is -1.66. The van der Waals surface area contributed by atoms with E-state index in [4.69, 9.17) is 10.5 Å². The number of carboxylic acids is 1. The minimum Gasteiger partial charge on any atom is -0.480 e. The number of para-hydroxylation sites is 1. The Morgan fingerprint density at radius 3 is 2.23 bits per heavy atom. The number of hydrogen-bond acceptors (Lipinski definition) is 5. The number of aliphatic carboxylic acids is 1. The molecule has 0 saturated heterocycles. The molecule has 2 aromatic carbocycles. The molecule has 0 aliphatic rings. The summed E-state index contributed by atoms with van der Waals surface area (Å²) >= 11 is 0. The standard InChI is InChI=1S/C23H29N3O5/c1-17(25-23(30)31-16-18-10-4-2-5-11-18)21(27)26(19-12-6-3-7-13-19)20(22(28)29)14-8-9-15-24/h2-7,10-13,17,20H,8-9,14-16,24H2,1H3,(H,25,30)(H,28,29)/t17-,20-/m0/s1. The number of unbranched alkanes of at least 4 members (excludes halogenated alkanes) is 1. The van der Waals surface area contributed by atoms with Crippen LogP contribution in [0.15, 0.2) is 60.7 Å². The number of ether oxygens (including phenoxy) is 1. The molecular weight excluding hydrogens is 398 g/mol. The van der Waals surface area contributed by atoms with E-state index < -0.39 is 30.1 Å². The normalized spacial score (nSPS) is 12.5. The number of carbonyl (C=O) groups excluding carboxylic acids is 2. The molecule has 31 heavy (non-hydrogen) atoms. The molecule has 166 valence electrons. The van der Waals surface area contributed by atoms with Crippen LogP contribution in [0.4, 0.5) is 10.5 Å². The average Bonchev–Trinajstić information content (AvgIpc) is 2.78. The number of benzene rings is 2. The van der Waals surface area contributed by atoms with E-state index in [9.17, 15) is 19.5 Å². The van der Waals surface area contributed by atoms with Gasteiger partial charge < -0.3 is 20.9 Å². The van der Waals surface area contributed by atoms with Crippen LogP contribution >= 0.6 is 0 Å². The molecule has 0 heterocycles. The number of rotatable bonds is 11. The van der Waals surface area contributed by atoms with Gasteiger partial charge in [0.1, 0.15) is 18.7 Å². The second-order valence-electron chi connectivity index (χ2n) is 7.11. The summed E-state index contributed by atoms with van der Waals surface area (Å²) in [6.45, 7) is 2.00. The molecule has 0 bridgehead atoms. The largest absolute Gasteiger partial charge is 0.480 e. The van der Waals surface area contributed by atoms with E-state index in [1.54, 1.807) is 30.3 Å². The van der Waals surface area contributed by atoms with Crippen molar-refractivity contribution in [1.29, 1.82) is 0 Å². The van der Waals surface area contributed by atoms with Crippen molar-refractivity contribution in [3.05, 3.63) is 66.2 Å². The molecule has 0 radical (unpaired) electrons. The van der Waals surface area contributed by atoms with E-state index in [2.05, 4.69) is 5.32 Å². The van der Waals surface area contributed by atoms with E-state index in [1.807, 2.05) is 30.3 Å². The number of carbonyl (C=O) groups is 3. The van der Waals surface area contributed by atoms with Gasteiger partial charge in [-0.25, -0.2) is 9.59 Å². The first-order valence-electron chi connectivity index (χ1n) is 10.2. The van der Waals surface area contributed by atoms with E-state index in [0.29, 0.717) is 25.1 Å². The van der Waals surface area contributed by atoms with Crippen molar-refractivity contribution < 1.29 is 24.2 Å². The van der Waals surface area contributed by atoms with Crippen LogP contribution < -0.4 is 16.0 Å². The zero-order valence-corrected chi connectivity index (χ0v) is 17.6. The summed E-state index contributed by atoms with van der Waals surface area (Å²) in [5.41, 5.74) is 6.78. The van der Waals surface area contributed by atoms with Gasteiger partial charge in [-0.3, -0.25) is 9.69 Å². The first kappa shape index (κ1) is 23.9. The molecule has 2 atom stereocenters. The molecule has 0 unspecified atom stereocenters. The number of anilines is 1. The first-order chi connectivity index (χ1) is 14.9. The van der Waals surface area contributed by atoms with Crippen molar-refractivity contribution in [2.24, 2.45) is 5.73 Å². The molecule has 0 saturated carbocycles. The highest BCUT2D eigenvalue weighted by Gasteiger charge is 2.33. The lowest BCUT2D eigenvalue weighted by atomic mass is 10.1. The van der Waals surface area contributed by atoms with Crippen LogP contribution in [0.25, 0.3) is 0 Å². The molecule has 0 aromatic heterocycles. The van der Waals surface area contributed by atoms with E-state index in [-0.39, 0.29) is 13.0 Å². The molecule has 0 spiro atoms. The Hall–Kier alpha value is -3.39. The zero-order chi connectivity index (χ0) is 22.6. The lowest BCUT2D eigenvalue weighted by Crippen LogP contribution is -2.53. The van der Waals surface area contributed by atoms with Crippen molar-refractivity contribution in [3.8, 4) is 0 Å². The molecular formula is C23H29N3O5. The van der Waals surface area contributed by atoms with Crippen LogP contribution in [0, 0.1) is 0 Å². The quantitative estimate of drug-likeness (QED) is 0.474. The van der Waals surface area contributed by atoms with Crippen LogP contribution in [0.1, 0.15) is 31.7 Å². The van der Waals surface area contributed by atoms with Crippen LogP contribution in [0.5, 0.6) is 0 Å². The van der Waals surface area contributed by atoms with Gasteiger partial charge in [0.2, 0.25) is 5.91 Å². The Morgan fingerprint density at radius 2 is 1.65 bits per heavy atom. The number of carboxylic acid groups (broad SMARTS) is 1. The number of amides is 2. The predicted octanol–water partition coefficient (Wildman–Crippen LogP) is 2.92.